The molecule has 1 unspecified atom stereocenters. The molecule has 1 aliphatic heterocycles. The average Bonchev–Trinajstić information content (AvgIpc) is 2.99. The van der Waals surface area contributed by atoms with Gasteiger partial charge in [0.15, 0.2) is 0 Å². The number of hydrogen-bond acceptors (Lipinski definition) is 4. The topological polar surface area (TPSA) is 63.7 Å². The molecule has 1 aliphatic carbocycles. The van der Waals surface area contributed by atoms with E-state index in [1.165, 1.54) is 25.7 Å². The van der Waals surface area contributed by atoms with Crippen LogP contribution in [0.3, 0.4) is 0 Å². The van der Waals surface area contributed by atoms with Crippen LogP contribution in [0.5, 0.6) is 0 Å². The number of ether oxygens (including phenoxy) is 1. The molecule has 5 nitrogen and oxygen atoms in total. The molecule has 0 aromatic carbocycles. The summed E-state index contributed by atoms with van der Waals surface area (Å²) in [7, 11) is 0. The van der Waals surface area contributed by atoms with E-state index in [0.717, 1.165) is 19.4 Å². The summed E-state index contributed by atoms with van der Waals surface area (Å²) in [5.74, 6) is 0.261. The molecule has 1 aromatic rings. The highest BCUT2D eigenvalue weighted by Gasteiger charge is 2.40. The van der Waals surface area contributed by atoms with Crippen LogP contribution in [-0.4, -0.2) is 27.0 Å². The highest BCUT2D eigenvalue weighted by Crippen LogP contribution is 2.43. The first kappa shape index (κ1) is 10.7. The fraction of sp³-hybridized carbons (Fsp3) is 0.750. The maximum Gasteiger partial charge on any atom is 0.252 e. The first-order chi connectivity index (χ1) is 8.31. The van der Waals surface area contributed by atoms with Crippen molar-refractivity contribution in [1.82, 2.24) is 14.8 Å². The minimum Gasteiger partial charge on any atom is -0.375 e. The maximum atomic E-state index is 8.74. The van der Waals surface area contributed by atoms with Crippen LogP contribution in [0.25, 0.3) is 0 Å². The van der Waals surface area contributed by atoms with Gasteiger partial charge in [-0.05, 0) is 25.7 Å². The predicted molar refractivity (Wildman–Crippen MR) is 60.2 cm³/mol. The number of nitrogens with zero attached hydrogens (tertiary/aromatic N) is 4. The Labute approximate surface area is 100 Å². The highest BCUT2D eigenvalue weighted by atomic mass is 16.5. The molecule has 2 fully saturated rings. The molecule has 2 aliphatic rings. The Morgan fingerprint density at radius 2 is 2.29 bits per heavy atom. The van der Waals surface area contributed by atoms with Crippen molar-refractivity contribution < 1.29 is 4.74 Å². The van der Waals surface area contributed by atoms with Crippen molar-refractivity contribution in [3.8, 4) is 6.07 Å². The van der Waals surface area contributed by atoms with E-state index in [4.69, 9.17) is 10.00 Å². The van der Waals surface area contributed by atoms with Crippen molar-refractivity contribution in [1.29, 1.82) is 5.26 Å². The maximum absolute atomic E-state index is 8.74. The van der Waals surface area contributed by atoms with Crippen LogP contribution < -0.4 is 0 Å². The molecule has 2 heterocycles. The Kier molecular flexibility index (Phi) is 2.60. The van der Waals surface area contributed by atoms with Crippen molar-refractivity contribution in [3.63, 3.8) is 0 Å². The molecule has 1 atom stereocenters. The molecule has 0 bridgehead atoms. The monoisotopic (exact) mass is 232 g/mol. The summed E-state index contributed by atoms with van der Waals surface area (Å²) in [6.45, 7) is 0.798. The zero-order valence-electron chi connectivity index (χ0n) is 9.80. The second-order valence-electron chi connectivity index (χ2n) is 5.05. The van der Waals surface area contributed by atoms with E-state index < -0.39 is 0 Å². The Morgan fingerprint density at radius 1 is 1.47 bits per heavy atom. The van der Waals surface area contributed by atoms with Crippen LogP contribution in [0.15, 0.2) is 6.33 Å². The largest absolute Gasteiger partial charge is 0.375 e. The third kappa shape index (κ3) is 1.93. The molecule has 1 aromatic heterocycles. The summed E-state index contributed by atoms with van der Waals surface area (Å²) in [6, 6.07) is 2.32. The Bertz CT molecular complexity index is 442. The number of rotatable bonds is 1. The minimum atomic E-state index is 0.0850. The Balaban J connectivity index is 1.77. The van der Waals surface area contributed by atoms with Crippen molar-refractivity contribution >= 4 is 0 Å². The molecule has 1 spiro atoms. The van der Waals surface area contributed by atoms with E-state index in [0.29, 0.717) is 6.04 Å². The van der Waals surface area contributed by atoms with Crippen molar-refractivity contribution in [2.45, 2.75) is 50.2 Å². The van der Waals surface area contributed by atoms with Crippen LogP contribution >= 0.6 is 0 Å². The number of hydrogen-bond donors (Lipinski definition) is 0. The van der Waals surface area contributed by atoms with Gasteiger partial charge in [-0.25, -0.2) is 9.67 Å². The zero-order chi connectivity index (χ0) is 11.7. The lowest BCUT2D eigenvalue weighted by atomic mass is 9.89. The number of aromatic nitrogens is 3. The molecular weight excluding hydrogens is 216 g/mol. The van der Waals surface area contributed by atoms with Crippen LogP contribution in [-0.2, 0) is 4.74 Å². The lowest BCUT2D eigenvalue weighted by Crippen LogP contribution is -2.38. The van der Waals surface area contributed by atoms with Gasteiger partial charge in [-0.15, -0.1) is 5.10 Å². The zero-order valence-corrected chi connectivity index (χ0v) is 9.80. The molecule has 1 saturated heterocycles. The predicted octanol–water partition coefficient (Wildman–Crippen LogP) is 1.81. The Morgan fingerprint density at radius 3 is 3.00 bits per heavy atom. The van der Waals surface area contributed by atoms with E-state index in [2.05, 4.69) is 10.1 Å². The molecular formula is C12H16N4O. The van der Waals surface area contributed by atoms with Gasteiger partial charge < -0.3 is 4.74 Å². The van der Waals surface area contributed by atoms with Crippen LogP contribution in [0.2, 0.25) is 0 Å². The van der Waals surface area contributed by atoms with E-state index in [1.54, 1.807) is 6.33 Å². The van der Waals surface area contributed by atoms with Crippen molar-refractivity contribution in [2.24, 2.45) is 0 Å². The van der Waals surface area contributed by atoms with E-state index >= 15 is 0 Å². The van der Waals surface area contributed by atoms with Crippen molar-refractivity contribution in [2.75, 3.05) is 6.61 Å². The third-order valence-corrected chi connectivity index (χ3v) is 3.96. The Hall–Kier alpha value is -1.41. The van der Waals surface area contributed by atoms with E-state index in [9.17, 15) is 0 Å². The van der Waals surface area contributed by atoms with Gasteiger partial charge in [-0.2, -0.15) is 5.26 Å². The van der Waals surface area contributed by atoms with Gasteiger partial charge in [-0.1, -0.05) is 12.8 Å². The quantitative estimate of drug-likeness (QED) is 0.740. The fourth-order valence-corrected chi connectivity index (χ4v) is 3.10. The summed E-state index contributed by atoms with van der Waals surface area (Å²) < 4.78 is 7.83. The molecule has 0 radical (unpaired) electrons. The summed E-state index contributed by atoms with van der Waals surface area (Å²) in [5.41, 5.74) is 0.0850. The second-order valence-corrected chi connectivity index (χ2v) is 5.05. The fourth-order valence-electron chi connectivity index (χ4n) is 3.10. The van der Waals surface area contributed by atoms with Gasteiger partial charge in [0.1, 0.15) is 12.4 Å². The smallest absolute Gasteiger partial charge is 0.252 e. The average molecular weight is 232 g/mol. The van der Waals surface area contributed by atoms with Crippen LogP contribution in [0, 0.1) is 11.3 Å². The second kappa shape index (κ2) is 4.11. The first-order valence-corrected chi connectivity index (χ1v) is 6.27. The molecule has 0 N–H and O–H groups in total. The summed E-state index contributed by atoms with van der Waals surface area (Å²) in [6.07, 6.45) is 8.54. The van der Waals surface area contributed by atoms with E-state index in [1.807, 2.05) is 10.8 Å². The molecule has 90 valence electrons. The van der Waals surface area contributed by atoms with E-state index in [-0.39, 0.29) is 11.4 Å². The summed E-state index contributed by atoms with van der Waals surface area (Å²) in [4.78, 5) is 3.97. The third-order valence-electron chi connectivity index (χ3n) is 3.96. The normalized spacial score (nSPS) is 27.1. The van der Waals surface area contributed by atoms with Gasteiger partial charge >= 0.3 is 0 Å². The summed E-state index contributed by atoms with van der Waals surface area (Å²) in [5, 5.41) is 12.9. The lowest BCUT2D eigenvalue weighted by molar-refractivity contribution is -0.0910. The number of nitriles is 1. The molecule has 3 rings (SSSR count). The van der Waals surface area contributed by atoms with Gasteiger partial charge in [-0.3, -0.25) is 0 Å². The molecule has 17 heavy (non-hydrogen) atoms. The van der Waals surface area contributed by atoms with Gasteiger partial charge in [0.25, 0.3) is 5.82 Å². The highest BCUT2D eigenvalue weighted by molar-refractivity contribution is 5.06. The molecule has 0 amide bonds. The van der Waals surface area contributed by atoms with Gasteiger partial charge in [0, 0.05) is 6.61 Å². The van der Waals surface area contributed by atoms with Gasteiger partial charge in [0.2, 0.25) is 0 Å². The van der Waals surface area contributed by atoms with Crippen LogP contribution in [0.4, 0.5) is 0 Å². The minimum absolute atomic E-state index is 0.0850. The standard InChI is InChI=1S/C12H16N4O/c13-8-11-14-9-16(15-11)10-3-6-17-12(7-10)4-1-2-5-12/h9-10H,1-7H2. The van der Waals surface area contributed by atoms with Crippen molar-refractivity contribution in [3.05, 3.63) is 12.2 Å². The summed E-state index contributed by atoms with van der Waals surface area (Å²) >= 11 is 0. The SMILES string of the molecule is N#Cc1ncn(C2CCOC3(CCCC3)C2)n1. The van der Waals surface area contributed by atoms with Crippen LogP contribution in [0.1, 0.15) is 50.4 Å². The first-order valence-electron chi connectivity index (χ1n) is 6.27. The molecule has 1 saturated carbocycles. The molecule has 5 heteroatoms. The lowest BCUT2D eigenvalue weighted by Gasteiger charge is -2.38. The van der Waals surface area contributed by atoms with Gasteiger partial charge in [0.05, 0.1) is 11.6 Å².